The first-order chi connectivity index (χ1) is 7.07. The van der Waals surface area contributed by atoms with Crippen LogP contribution in [-0.2, 0) is 9.53 Å². The largest absolute Gasteiger partial charge is 0.480 e. The molecule has 0 radical (unpaired) electrons. The second-order valence-electron chi connectivity index (χ2n) is 5.66. The molecule has 0 saturated heterocycles. The molecule has 0 bridgehead atoms. The van der Waals surface area contributed by atoms with Gasteiger partial charge in [0.1, 0.15) is 5.54 Å². The molecular formula is C12H25NO3. The first-order valence-electron chi connectivity index (χ1n) is 5.52. The van der Waals surface area contributed by atoms with Gasteiger partial charge in [0, 0.05) is 13.2 Å². The molecule has 0 saturated carbocycles. The second-order valence-corrected chi connectivity index (χ2v) is 5.66. The summed E-state index contributed by atoms with van der Waals surface area (Å²) in [5, 5.41) is 9.33. The molecule has 4 heteroatoms. The van der Waals surface area contributed by atoms with Crippen LogP contribution >= 0.6 is 0 Å². The van der Waals surface area contributed by atoms with Gasteiger partial charge in [-0.15, -0.1) is 0 Å². The second kappa shape index (κ2) is 5.15. The van der Waals surface area contributed by atoms with Gasteiger partial charge < -0.3 is 9.84 Å². The van der Waals surface area contributed by atoms with E-state index in [1.54, 1.807) is 6.92 Å². The Morgan fingerprint density at radius 2 is 1.81 bits per heavy atom. The predicted octanol–water partition coefficient (Wildman–Crippen LogP) is 1.84. The molecule has 0 heterocycles. The molecule has 4 nitrogen and oxygen atoms in total. The molecule has 96 valence electrons. The van der Waals surface area contributed by atoms with Crippen molar-refractivity contribution < 1.29 is 14.6 Å². The van der Waals surface area contributed by atoms with Crippen molar-refractivity contribution in [3.05, 3.63) is 0 Å². The van der Waals surface area contributed by atoms with Gasteiger partial charge >= 0.3 is 5.97 Å². The van der Waals surface area contributed by atoms with Gasteiger partial charge in [-0.1, -0.05) is 20.8 Å². The van der Waals surface area contributed by atoms with Crippen molar-refractivity contribution in [1.29, 1.82) is 0 Å². The number of ether oxygens (including phenoxy) is 1. The Labute approximate surface area is 98.6 Å². The van der Waals surface area contributed by atoms with E-state index >= 15 is 0 Å². The topological polar surface area (TPSA) is 49.8 Å². The van der Waals surface area contributed by atoms with Gasteiger partial charge in [0.2, 0.25) is 0 Å². The maximum Gasteiger partial charge on any atom is 0.326 e. The van der Waals surface area contributed by atoms with Gasteiger partial charge in [-0.05, 0) is 26.3 Å². The number of methoxy groups -OCH3 is 1. The van der Waals surface area contributed by atoms with Gasteiger partial charge in [-0.25, -0.2) is 0 Å². The number of likely N-dealkylation sites (N-methyl/N-ethyl adjacent to an activating group) is 1. The fraction of sp³-hybridized carbons (Fsp3) is 0.917. The van der Waals surface area contributed by atoms with Crippen molar-refractivity contribution in [3.63, 3.8) is 0 Å². The number of hydrogen-bond acceptors (Lipinski definition) is 3. The van der Waals surface area contributed by atoms with E-state index in [1.807, 2.05) is 18.9 Å². The van der Waals surface area contributed by atoms with E-state index in [1.165, 1.54) is 7.11 Å². The van der Waals surface area contributed by atoms with E-state index in [4.69, 9.17) is 4.74 Å². The third-order valence-corrected chi connectivity index (χ3v) is 3.50. The van der Waals surface area contributed by atoms with Crippen LogP contribution in [0.5, 0.6) is 0 Å². The summed E-state index contributed by atoms with van der Waals surface area (Å²) in [5.41, 5.74) is -0.958. The van der Waals surface area contributed by atoms with Crippen molar-refractivity contribution >= 4 is 5.97 Å². The van der Waals surface area contributed by atoms with E-state index in [0.717, 1.165) is 0 Å². The van der Waals surface area contributed by atoms with Crippen LogP contribution in [0.4, 0.5) is 0 Å². The number of aliphatic carboxylic acids is 1. The number of carbonyl (C=O) groups is 1. The van der Waals surface area contributed by atoms with Crippen LogP contribution in [0.3, 0.4) is 0 Å². The molecule has 2 atom stereocenters. The molecule has 16 heavy (non-hydrogen) atoms. The zero-order chi connectivity index (χ0) is 13.1. The highest BCUT2D eigenvalue weighted by molar-refractivity contribution is 5.78. The molecule has 0 spiro atoms. The first kappa shape index (κ1) is 15.4. The Morgan fingerprint density at radius 1 is 1.38 bits per heavy atom. The minimum Gasteiger partial charge on any atom is -0.480 e. The van der Waals surface area contributed by atoms with Gasteiger partial charge in [-0.3, -0.25) is 9.69 Å². The average molecular weight is 231 g/mol. The zero-order valence-electron chi connectivity index (χ0n) is 11.5. The van der Waals surface area contributed by atoms with Crippen molar-refractivity contribution in [2.45, 2.75) is 46.2 Å². The van der Waals surface area contributed by atoms with Crippen molar-refractivity contribution in [2.75, 3.05) is 20.8 Å². The van der Waals surface area contributed by atoms with E-state index in [9.17, 15) is 9.90 Å². The fourth-order valence-corrected chi connectivity index (χ4v) is 1.60. The molecule has 0 aromatic heterocycles. The maximum atomic E-state index is 11.4. The molecular weight excluding hydrogens is 206 g/mol. The molecule has 0 aliphatic rings. The monoisotopic (exact) mass is 231 g/mol. The van der Waals surface area contributed by atoms with E-state index in [2.05, 4.69) is 20.8 Å². The number of rotatable bonds is 5. The molecule has 0 fully saturated rings. The van der Waals surface area contributed by atoms with Gasteiger partial charge in [0.15, 0.2) is 0 Å². The summed E-state index contributed by atoms with van der Waals surface area (Å²) in [5.74, 6) is -0.854. The highest BCUT2D eigenvalue weighted by Gasteiger charge is 2.42. The molecule has 0 aliphatic carbocycles. The van der Waals surface area contributed by atoms with Crippen LogP contribution in [0.2, 0.25) is 0 Å². The fourth-order valence-electron chi connectivity index (χ4n) is 1.60. The Morgan fingerprint density at radius 3 is 2.06 bits per heavy atom. The quantitative estimate of drug-likeness (QED) is 0.784. The molecule has 0 rings (SSSR count). The molecule has 0 amide bonds. The predicted molar refractivity (Wildman–Crippen MR) is 64.6 cm³/mol. The van der Waals surface area contributed by atoms with E-state index < -0.39 is 11.5 Å². The molecule has 1 N–H and O–H groups in total. The van der Waals surface area contributed by atoms with Crippen LogP contribution in [0.15, 0.2) is 0 Å². The summed E-state index contributed by atoms with van der Waals surface area (Å²) >= 11 is 0. The minimum absolute atomic E-state index is 0.0270. The standard InChI is InChI=1S/C12H25NO3/c1-9(11(2,3)4)13(6)12(5,8-16-7)10(14)15/h9H,8H2,1-7H3,(H,14,15). The van der Waals surface area contributed by atoms with Crippen LogP contribution in [-0.4, -0.2) is 48.3 Å². The summed E-state index contributed by atoms with van der Waals surface area (Å²) in [6.07, 6.45) is 0. The molecule has 0 aliphatic heterocycles. The molecule has 2 unspecified atom stereocenters. The summed E-state index contributed by atoms with van der Waals surface area (Å²) in [4.78, 5) is 13.2. The maximum absolute atomic E-state index is 11.4. The van der Waals surface area contributed by atoms with Gasteiger partial charge in [0.25, 0.3) is 0 Å². The summed E-state index contributed by atoms with van der Waals surface area (Å²) < 4.78 is 5.03. The Bertz CT molecular complexity index is 247. The lowest BCUT2D eigenvalue weighted by Gasteiger charge is -2.43. The highest BCUT2D eigenvalue weighted by atomic mass is 16.5. The number of carboxylic acids is 1. The molecule has 0 aromatic carbocycles. The lowest BCUT2D eigenvalue weighted by atomic mass is 9.84. The van der Waals surface area contributed by atoms with Crippen molar-refractivity contribution in [2.24, 2.45) is 5.41 Å². The Kier molecular flexibility index (Phi) is 4.95. The lowest BCUT2D eigenvalue weighted by Crippen LogP contribution is -2.59. The van der Waals surface area contributed by atoms with Crippen molar-refractivity contribution in [1.82, 2.24) is 4.90 Å². The van der Waals surface area contributed by atoms with E-state index in [0.29, 0.717) is 0 Å². The van der Waals surface area contributed by atoms with Crippen molar-refractivity contribution in [3.8, 4) is 0 Å². The Balaban J connectivity index is 5.03. The normalized spacial score (nSPS) is 18.2. The summed E-state index contributed by atoms with van der Waals surface area (Å²) in [7, 11) is 3.36. The van der Waals surface area contributed by atoms with Crippen LogP contribution in [0, 0.1) is 5.41 Å². The zero-order valence-corrected chi connectivity index (χ0v) is 11.5. The number of nitrogens with zero attached hydrogens (tertiary/aromatic N) is 1. The van der Waals surface area contributed by atoms with Gasteiger partial charge in [0.05, 0.1) is 6.61 Å². The minimum atomic E-state index is -0.985. The van der Waals surface area contributed by atoms with E-state index in [-0.39, 0.29) is 18.1 Å². The summed E-state index contributed by atoms with van der Waals surface area (Å²) in [6, 6.07) is 0.142. The molecule has 0 aromatic rings. The van der Waals surface area contributed by atoms with Crippen LogP contribution in [0.25, 0.3) is 0 Å². The Hall–Kier alpha value is -0.610. The first-order valence-corrected chi connectivity index (χ1v) is 5.52. The van der Waals surface area contributed by atoms with Crippen LogP contribution < -0.4 is 0 Å². The number of carboxylic acid groups (broad SMARTS) is 1. The van der Waals surface area contributed by atoms with Gasteiger partial charge in [-0.2, -0.15) is 0 Å². The third-order valence-electron chi connectivity index (χ3n) is 3.50. The van der Waals surface area contributed by atoms with Crippen LogP contribution in [0.1, 0.15) is 34.6 Å². The third kappa shape index (κ3) is 3.19. The summed E-state index contributed by atoms with van der Waals surface area (Å²) in [6.45, 7) is 10.2. The smallest absolute Gasteiger partial charge is 0.326 e. The lowest BCUT2D eigenvalue weighted by molar-refractivity contribution is -0.156. The SMILES string of the molecule is COCC(C)(C(=O)O)N(C)C(C)C(C)(C)C. The average Bonchev–Trinajstić information content (AvgIpc) is 2.14. The highest BCUT2D eigenvalue weighted by Crippen LogP contribution is 2.28. The number of hydrogen-bond donors (Lipinski definition) is 1.